The molecule has 0 bridgehead atoms. The van der Waals surface area contributed by atoms with Crippen molar-refractivity contribution in [1.29, 1.82) is 0 Å². The number of benzene rings is 1. The van der Waals surface area contributed by atoms with E-state index < -0.39 is 0 Å². The van der Waals surface area contributed by atoms with E-state index in [9.17, 15) is 4.79 Å². The SMILES string of the molecule is CC(C)CONC(=O)/C=C/c1cccc(Cl)c1Cl. The fourth-order valence-electron chi connectivity index (χ4n) is 1.13. The first-order valence-corrected chi connectivity index (χ1v) is 6.30. The van der Waals surface area contributed by atoms with E-state index >= 15 is 0 Å². The van der Waals surface area contributed by atoms with E-state index in [0.29, 0.717) is 28.1 Å². The highest BCUT2D eigenvalue weighted by Gasteiger charge is 2.02. The molecule has 3 nitrogen and oxygen atoms in total. The summed E-state index contributed by atoms with van der Waals surface area (Å²) in [7, 11) is 0. The number of amides is 1. The molecular formula is C13H15Cl2NO2. The summed E-state index contributed by atoms with van der Waals surface area (Å²) in [5.41, 5.74) is 3.00. The lowest BCUT2D eigenvalue weighted by atomic mass is 10.2. The van der Waals surface area contributed by atoms with Crippen LogP contribution in [0.25, 0.3) is 6.08 Å². The van der Waals surface area contributed by atoms with Crippen LogP contribution in [0.15, 0.2) is 24.3 Å². The lowest BCUT2D eigenvalue weighted by molar-refractivity contribution is -0.129. The van der Waals surface area contributed by atoms with E-state index in [1.54, 1.807) is 24.3 Å². The van der Waals surface area contributed by atoms with Crippen LogP contribution in [-0.4, -0.2) is 12.5 Å². The topological polar surface area (TPSA) is 38.3 Å². The zero-order chi connectivity index (χ0) is 13.5. The maximum absolute atomic E-state index is 11.4. The predicted molar refractivity (Wildman–Crippen MR) is 74.4 cm³/mol. The van der Waals surface area contributed by atoms with Gasteiger partial charge in [-0.25, -0.2) is 5.48 Å². The maximum atomic E-state index is 11.4. The Hall–Kier alpha value is -1.03. The second-order valence-corrected chi connectivity index (χ2v) is 4.93. The largest absolute Gasteiger partial charge is 0.273 e. The van der Waals surface area contributed by atoms with Crippen LogP contribution in [0.4, 0.5) is 0 Å². The molecule has 0 aliphatic carbocycles. The highest BCUT2D eigenvalue weighted by atomic mass is 35.5. The minimum absolute atomic E-state index is 0.341. The summed E-state index contributed by atoms with van der Waals surface area (Å²) in [5, 5.41) is 0.876. The van der Waals surface area contributed by atoms with Gasteiger partial charge in [0.05, 0.1) is 16.7 Å². The molecule has 0 atom stereocenters. The van der Waals surface area contributed by atoms with Crippen molar-refractivity contribution in [3.05, 3.63) is 39.9 Å². The van der Waals surface area contributed by atoms with E-state index in [1.165, 1.54) is 6.08 Å². The summed E-state index contributed by atoms with van der Waals surface area (Å²) in [6, 6.07) is 5.22. The Morgan fingerprint density at radius 3 is 2.83 bits per heavy atom. The number of hydrogen-bond acceptors (Lipinski definition) is 2. The molecule has 0 saturated heterocycles. The molecule has 98 valence electrons. The number of carbonyl (C=O) groups is 1. The van der Waals surface area contributed by atoms with Crippen molar-refractivity contribution in [1.82, 2.24) is 5.48 Å². The first-order valence-electron chi connectivity index (χ1n) is 5.54. The Morgan fingerprint density at radius 2 is 2.17 bits per heavy atom. The fraction of sp³-hybridized carbons (Fsp3) is 0.308. The van der Waals surface area contributed by atoms with Crippen LogP contribution >= 0.6 is 23.2 Å². The van der Waals surface area contributed by atoms with Crippen molar-refractivity contribution in [2.75, 3.05) is 6.61 Å². The third-order valence-corrected chi connectivity index (χ3v) is 2.82. The first-order chi connectivity index (χ1) is 8.50. The van der Waals surface area contributed by atoms with Gasteiger partial charge in [0.15, 0.2) is 0 Å². The second-order valence-electron chi connectivity index (χ2n) is 4.15. The van der Waals surface area contributed by atoms with Gasteiger partial charge in [0.2, 0.25) is 0 Å². The Kier molecular flexibility index (Phi) is 6.19. The summed E-state index contributed by atoms with van der Waals surface area (Å²) in [6.07, 6.45) is 2.93. The highest BCUT2D eigenvalue weighted by molar-refractivity contribution is 6.42. The molecule has 18 heavy (non-hydrogen) atoms. The van der Waals surface area contributed by atoms with Crippen molar-refractivity contribution < 1.29 is 9.63 Å². The minimum atomic E-state index is -0.341. The van der Waals surface area contributed by atoms with Gasteiger partial charge in [0.25, 0.3) is 5.91 Å². The molecule has 0 spiro atoms. The van der Waals surface area contributed by atoms with Gasteiger partial charge in [0.1, 0.15) is 0 Å². The molecule has 1 N–H and O–H groups in total. The van der Waals surface area contributed by atoms with Crippen LogP contribution < -0.4 is 5.48 Å². The van der Waals surface area contributed by atoms with E-state index in [0.717, 1.165) is 0 Å². The first kappa shape index (κ1) is 15.0. The van der Waals surface area contributed by atoms with Crippen molar-refractivity contribution in [3.63, 3.8) is 0 Å². The van der Waals surface area contributed by atoms with Gasteiger partial charge in [-0.1, -0.05) is 49.2 Å². The maximum Gasteiger partial charge on any atom is 0.267 e. The van der Waals surface area contributed by atoms with Crippen molar-refractivity contribution in [3.8, 4) is 0 Å². The van der Waals surface area contributed by atoms with Crippen LogP contribution in [-0.2, 0) is 9.63 Å². The zero-order valence-corrected chi connectivity index (χ0v) is 11.8. The molecule has 1 rings (SSSR count). The molecule has 0 radical (unpaired) electrons. The number of nitrogens with one attached hydrogen (secondary N) is 1. The van der Waals surface area contributed by atoms with Gasteiger partial charge in [-0.05, 0) is 23.6 Å². The van der Waals surface area contributed by atoms with E-state index in [-0.39, 0.29) is 5.91 Å². The van der Waals surface area contributed by atoms with Crippen LogP contribution in [0.1, 0.15) is 19.4 Å². The van der Waals surface area contributed by atoms with Crippen molar-refractivity contribution in [2.24, 2.45) is 5.92 Å². The predicted octanol–water partition coefficient (Wildman–Crippen LogP) is 3.71. The zero-order valence-electron chi connectivity index (χ0n) is 10.2. The molecule has 1 aromatic carbocycles. The summed E-state index contributed by atoms with van der Waals surface area (Å²) in [6.45, 7) is 4.46. The lowest BCUT2D eigenvalue weighted by Gasteiger charge is -2.05. The lowest BCUT2D eigenvalue weighted by Crippen LogP contribution is -2.23. The number of hydroxylamine groups is 1. The number of halogens is 2. The molecular weight excluding hydrogens is 273 g/mol. The Balaban J connectivity index is 2.53. The Bertz CT molecular complexity index is 445. The molecule has 0 heterocycles. The van der Waals surface area contributed by atoms with Crippen molar-refractivity contribution in [2.45, 2.75) is 13.8 Å². The third kappa shape index (κ3) is 5.08. The smallest absolute Gasteiger partial charge is 0.267 e. The molecule has 0 unspecified atom stereocenters. The quantitative estimate of drug-likeness (QED) is 0.662. The monoisotopic (exact) mass is 287 g/mol. The van der Waals surface area contributed by atoms with Crippen LogP contribution in [0.5, 0.6) is 0 Å². The van der Waals surface area contributed by atoms with Gasteiger partial charge in [-0.15, -0.1) is 0 Å². The third-order valence-electron chi connectivity index (χ3n) is 1.99. The standard InChI is InChI=1S/C13H15Cl2NO2/c1-9(2)8-18-16-12(17)7-6-10-4-3-5-11(14)13(10)15/h3-7,9H,8H2,1-2H3,(H,16,17)/b7-6+. The number of hydrogen-bond donors (Lipinski definition) is 1. The Labute approximate surface area is 117 Å². The molecule has 0 aliphatic rings. The van der Waals surface area contributed by atoms with Gasteiger partial charge >= 0.3 is 0 Å². The summed E-state index contributed by atoms with van der Waals surface area (Å²) >= 11 is 11.8. The second kappa shape index (κ2) is 7.41. The van der Waals surface area contributed by atoms with Crippen LogP contribution in [0.3, 0.4) is 0 Å². The normalized spacial score (nSPS) is 11.2. The van der Waals surface area contributed by atoms with Crippen molar-refractivity contribution >= 4 is 35.2 Å². The Morgan fingerprint density at radius 1 is 1.44 bits per heavy atom. The van der Waals surface area contributed by atoms with Gasteiger partial charge in [-0.3, -0.25) is 9.63 Å². The molecule has 0 aliphatic heterocycles. The number of carbonyl (C=O) groups excluding carboxylic acids is 1. The highest BCUT2D eigenvalue weighted by Crippen LogP contribution is 2.26. The average Bonchev–Trinajstić information content (AvgIpc) is 2.30. The summed E-state index contributed by atoms with van der Waals surface area (Å²) in [5.74, 6) is 0.0170. The van der Waals surface area contributed by atoms with Gasteiger partial charge in [-0.2, -0.15) is 0 Å². The van der Waals surface area contributed by atoms with Crippen LogP contribution in [0.2, 0.25) is 10.0 Å². The summed E-state index contributed by atoms with van der Waals surface area (Å²) in [4.78, 5) is 16.4. The van der Waals surface area contributed by atoms with E-state index in [4.69, 9.17) is 28.0 Å². The van der Waals surface area contributed by atoms with Gasteiger partial charge in [0, 0.05) is 6.08 Å². The molecule has 1 amide bonds. The molecule has 0 fully saturated rings. The number of rotatable bonds is 5. The fourth-order valence-corrected chi connectivity index (χ4v) is 1.50. The van der Waals surface area contributed by atoms with E-state index in [1.807, 2.05) is 13.8 Å². The minimum Gasteiger partial charge on any atom is -0.273 e. The van der Waals surface area contributed by atoms with Crippen LogP contribution in [0, 0.1) is 5.92 Å². The molecule has 1 aromatic rings. The van der Waals surface area contributed by atoms with Gasteiger partial charge < -0.3 is 0 Å². The summed E-state index contributed by atoms with van der Waals surface area (Å²) < 4.78 is 0. The molecule has 0 aromatic heterocycles. The molecule has 0 saturated carbocycles. The molecule has 5 heteroatoms. The average molecular weight is 288 g/mol. The van der Waals surface area contributed by atoms with E-state index in [2.05, 4.69) is 5.48 Å².